The molecule has 17 heavy (non-hydrogen) atoms. The molecular weight excluding hydrogens is 226 g/mol. The van der Waals surface area contributed by atoms with E-state index in [1.54, 1.807) is 13.1 Å². The Morgan fingerprint density at radius 1 is 1.47 bits per heavy atom. The molecule has 0 unspecified atom stereocenters. The minimum Gasteiger partial charge on any atom is -0.313 e. The van der Waals surface area contributed by atoms with Crippen molar-refractivity contribution >= 4 is 0 Å². The number of halogens is 2. The number of alkyl halides is 1. The highest BCUT2D eigenvalue weighted by molar-refractivity contribution is 5.12. The predicted octanol–water partition coefficient (Wildman–Crippen LogP) is 1.20. The lowest BCUT2D eigenvalue weighted by Gasteiger charge is -2.34. The molecule has 0 spiro atoms. The Hall–Kier alpha value is -1.23. The molecule has 5 heteroatoms. The number of hydrogen-bond donors (Lipinski definition) is 0. The monoisotopic (exact) mass is 242 g/mol. The first kappa shape index (κ1) is 12.2. The molecule has 0 atom stereocenters. The molecule has 94 valence electrons. The number of rotatable bonds is 4. The van der Waals surface area contributed by atoms with E-state index >= 15 is 0 Å². The van der Waals surface area contributed by atoms with Gasteiger partial charge >= 0.3 is 0 Å². The first-order chi connectivity index (χ1) is 8.10. The summed E-state index contributed by atoms with van der Waals surface area (Å²) in [6, 6.07) is 1.28. The van der Waals surface area contributed by atoms with E-state index in [9.17, 15) is 13.6 Å². The van der Waals surface area contributed by atoms with Crippen LogP contribution in [0.15, 0.2) is 17.1 Å². The van der Waals surface area contributed by atoms with E-state index in [0.29, 0.717) is 32.6 Å². The molecule has 0 bridgehead atoms. The Bertz CT molecular complexity index is 452. The Morgan fingerprint density at radius 2 is 2.18 bits per heavy atom. The zero-order valence-electron chi connectivity index (χ0n) is 9.83. The van der Waals surface area contributed by atoms with Crippen molar-refractivity contribution < 1.29 is 8.78 Å². The number of aryl methyl sites for hydroxylation is 1. The van der Waals surface area contributed by atoms with E-state index in [1.165, 1.54) is 10.6 Å². The Labute approximate surface area is 98.7 Å². The highest BCUT2D eigenvalue weighted by Gasteiger charge is 2.25. The van der Waals surface area contributed by atoms with Gasteiger partial charge in [0, 0.05) is 32.4 Å². The number of nitrogens with zero attached hydrogens (tertiary/aromatic N) is 2. The highest BCUT2D eigenvalue weighted by Crippen LogP contribution is 2.12. The van der Waals surface area contributed by atoms with Crippen molar-refractivity contribution in [2.45, 2.75) is 26.1 Å². The average Bonchev–Trinajstić information content (AvgIpc) is 2.27. The summed E-state index contributed by atoms with van der Waals surface area (Å²) in [5.41, 5.74) is 0.204. The Morgan fingerprint density at radius 3 is 2.76 bits per heavy atom. The van der Waals surface area contributed by atoms with Crippen LogP contribution in [-0.2, 0) is 13.0 Å². The van der Waals surface area contributed by atoms with E-state index in [4.69, 9.17) is 0 Å². The quantitative estimate of drug-likeness (QED) is 0.792. The lowest BCUT2D eigenvalue weighted by molar-refractivity contribution is 0.0670. The minimum atomic E-state index is -0.712. The molecule has 1 aliphatic heterocycles. The van der Waals surface area contributed by atoms with Gasteiger partial charge in [0.2, 0.25) is 0 Å². The number of likely N-dealkylation sites (tertiary alicyclic amines) is 1. The van der Waals surface area contributed by atoms with Crippen LogP contribution in [0.1, 0.15) is 12.5 Å². The van der Waals surface area contributed by atoms with Gasteiger partial charge in [-0.3, -0.25) is 9.69 Å². The summed E-state index contributed by atoms with van der Waals surface area (Å²) in [5, 5.41) is 0. The lowest BCUT2D eigenvalue weighted by atomic mass is 10.1. The van der Waals surface area contributed by atoms with E-state index in [-0.39, 0.29) is 0 Å². The van der Waals surface area contributed by atoms with Gasteiger partial charge in [-0.05, 0) is 25.0 Å². The van der Waals surface area contributed by atoms with Crippen molar-refractivity contribution in [3.63, 3.8) is 0 Å². The summed E-state index contributed by atoms with van der Waals surface area (Å²) in [4.78, 5) is 13.3. The maximum Gasteiger partial charge on any atom is 0.286 e. The Balaban J connectivity index is 2.01. The van der Waals surface area contributed by atoms with Crippen LogP contribution in [0.3, 0.4) is 0 Å². The van der Waals surface area contributed by atoms with Crippen LogP contribution < -0.4 is 5.56 Å². The summed E-state index contributed by atoms with van der Waals surface area (Å²) in [6.45, 7) is 3.90. The van der Waals surface area contributed by atoms with Crippen LogP contribution in [0.5, 0.6) is 0 Å². The second kappa shape index (κ2) is 4.96. The molecule has 1 aromatic rings. The number of aromatic nitrogens is 1. The maximum absolute atomic E-state index is 13.3. The second-order valence-corrected chi connectivity index (χ2v) is 4.39. The zero-order valence-corrected chi connectivity index (χ0v) is 9.83. The van der Waals surface area contributed by atoms with Gasteiger partial charge in [0.25, 0.3) is 5.56 Å². The molecule has 0 aromatic carbocycles. The van der Waals surface area contributed by atoms with Gasteiger partial charge in [0.1, 0.15) is 6.17 Å². The second-order valence-electron chi connectivity index (χ2n) is 4.39. The molecule has 1 aliphatic rings. The third kappa shape index (κ3) is 2.72. The van der Waals surface area contributed by atoms with Crippen molar-refractivity contribution in [1.82, 2.24) is 9.47 Å². The van der Waals surface area contributed by atoms with Gasteiger partial charge in [-0.15, -0.1) is 0 Å². The van der Waals surface area contributed by atoms with Crippen LogP contribution in [0.4, 0.5) is 8.78 Å². The topological polar surface area (TPSA) is 25.2 Å². The summed E-state index contributed by atoms with van der Waals surface area (Å²) < 4.78 is 27.2. The van der Waals surface area contributed by atoms with Crippen molar-refractivity contribution in [3.05, 3.63) is 34.0 Å². The van der Waals surface area contributed by atoms with Crippen molar-refractivity contribution in [3.8, 4) is 0 Å². The molecule has 0 radical (unpaired) electrons. The van der Waals surface area contributed by atoms with E-state index in [2.05, 4.69) is 0 Å². The number of hydrogen-bond acceptors (Lipinski definition) is 2. The lowest BCUT2D eigenvalue weighted by Crippen LogP contribution is -2.48. The van der Waals surface area contributed by atoms with Crippen molar-refractivity contribution in [2.75, 3.05) is 19.6 Å². The summed E-state index contributed by atoms with van der Waals surface area (Å²) in [5.74, 6) is -0.712. The van der Waals surface area contributed by atoms with Gasteiger partial charge in [-0.25, -0.2) is 8.78 Å². The molecule has 0 amide bonds. The molecule has 0 saturated carbocycles. The summed E-state index contributed by atoms with van der Waals surface area (Å²) >= 11 is 0. The third-order valence-corrected chi connectivity index (χ3v) is 3.07. The van der Waals surface area contributed by atoms with Gasteiger partial charge in [-0.2, -0.15) is 0 Å². The normalized spacial score (nSPS) is 17.1. The molecule has 0 aliphatic carbocycles. The first-order valence-electron chi connectivity index (χ1n) is 5.85. The molecule has 2 heterocycles. The summed E-state index contributed by atoms with van der Waals surface area (Å²) in [6.07, 6.45) is 1.61. The average molecular weight is 242 g/mol. The van der Waals surface area contributed by atoms with Gasteiger partial charge < -0.3 is 4.57 Å². The van der Waals surface area contributed by atoms with Gasteiger partial charge in [-0.1, -0.05) is 0 Å². The van der Waals surface area contributed by atoms with Crippen LogP contribution in [0.25, 0.3) is 0 Å². The van der Waals surface area contributed by atoms with Crippen LogP contribution >= 0.6 is 0 Å². The standard InChI is InChI=1S/C12H16F2N2O/c1-2-16-6-9(5-11(14)12(16)17)3-4-15-7-10(13)8-15/h5-6,10H,2-4,7-8H2,1H3. The largest absolute Gasteiger partial charge is 0.313 e. The zero-order chi connectivity index (χ0) is 12.4. The Kier molecular flexibility index (Phi) is 3.57. The van der Waals surface area contributed by atoms with E-state index in [1.807, 2.05) is 4.90 Å². The smallest absolute Gasteiger partial charge is 0.286 e. The molecule has 0 N–H and O–H groups in total. The molecule has 1 saturated heterocycles. The SMILES string of the molecule is CCn1cc(CCN2CC(F)C2)cc(F)c1=O. The van der Waals surface area contributed by atoms with Crippen molar-refractivity contribution in [2.24, 2.45) is 0 Å². The molecule has 1 fully saturated rings. The highest BCUT2D eigenvalue weighted by atomic mass is 19.1. The number of pyridine rings is 1. The van der Waals surface area contributed by atoms with Crippen LogP contribution in [0, 0.1) is 5.82 Å². The molecule has 3 nitrogen and oxygen atoms in total. The van der Waals surface area contributed by atoms with Crippen molar-refractivity contribution in [1.29, 1.82) is 0 Å². The van der Waals surface area contributed by atoms with Gasteiger partial charge in [0.15, 0.2) is 5.82 Å². The third-order valence-electron chi connectivity index (χ3n) is 3.07. The van der Waals surface area contributed by atoms with Crippen LogP contribution in [-0.4, -0.2) is 35.3 Å². The molecule has 2 rings (SSSR count). The van der Waals surface area contributed by atoms with Gasteiger partial charge in [0.05, 0.1) is 0 Å². The fourth-order valence-electron chi connectivity index (χ4n) is 2.01. The van der Waals surface area contributed by atoms with E-state index in [0.717, 1.165) is 5.56 Å². The fraction of sp³-hybridized carbons (Fsp3) is 0.583. The van der Waals surface area contributed by atoms with E-state index < -0.39 is 17.5 Å². The summed E-state index contributed by atoms with van der Waals surface area (Å²) in [7, 11) is 0. The van der Waals surface area contributed by atoms with Crippen LogP contribution in [0.2, 0.25) is 0 Å². The maximum atomic E-state index is 13.3. The fourth-order valence-corrected chi connectivity index (χ4v) is 2.01. The molecular formula is C12H16F2N2O. The minimum absolute atomic E-state index is 0.458. The first-order valence-corrected chi connectivity index (χ1v) is 5.85. The molecule has 1 aromatic heterocycles. The predicted molar refractivity (Wildman–Crippen MR) is 61.4 cm³/mol.